The fourth-order valence-corrected chi connectivity index (χ4v) is 4.54. The van der Waals surface area contributed by atoms with E-state index < -0.39 is 0 Å². The van der Waals surface area contributed by atoms with Gasteiger partial charge in [-0.1, -0.05) is 31.2 Å². The molecule has 2 aliphatic rings. The van der Waals surface area contributed by atoms with Gasteiger partial charge in [0.15, 0.2) is 0 Å². The number of nitrogen functional groups attached to an aromatic ring is 1. The largest absolute Gasteiger partial charge is 0.368 e. The normalized spacial score (nSPS) is 22.0. The molecule has 138 valence electrons. The lowest BCUT2D eigenvalue weighted by Crippen LogP contribution is -2.30. The number of nitrogens with one attached hydrogen (secondary N) is 1. The molecule has 1 aliphatic carbocycles. The quantitative estimate of drug-likeness (QED) is 0.886. The van der Waals surface area contributed by atoms with Crippen molar-refractivity contribution in [3.63, 3.8) is 0 Å². The molecule has 0 amide bonds. The zero-order valence-corrected chi connectivity index (χ0v) is 15.8. The Morgan fingerprint density at radius 3 is 2.92 bits per heavy atom. The molecule has 0 radical (unpaired) electrons. The summed E-state index contributed by atoms with van der Waals surface area (Å²) in [6, 6.07) is 9.08. The van der Waals surface area contributed by atoms with E-state index in [9.17, 15) is 0 Å². The van der Waals surface area contributed by atoms with Crippen LogP contribution < -0.4 is 16.0 Å². The van der Waals surface area contributed by atoms with Crippen molar-refractivity contribution in [3.8, 4) is 11.3 Å². The molecule has 3 N–H and O–H groups in total. The molecule has 1 aromatic carbocycles. The summed E-state index contributed by atoms with van der Waals surface area (Å²) in [4.78, 5) is 11.9. The fourth-order valence-electron chi connectivity index (χ4n) is 4.54. The Hall–Kier alpha value is -2.14. The minimum absolute atomic E-state index is 0.387. The number of rotatable bonds is 4. The molecule has 1 fully saturated rings. The van der Waals surface area contributed by atoms with Crippen LogP contribution in [-0.2, 0) is 12.8 Å². The summed E-state index contributed by atoms with van der Waals surface area (Å²) in [6.07, 6.45) is 4.43. The smallest absolute Gasteiger partial charge is 0.222 e. The molecule has 2 atom stereocenters. The molecule has 2 aromatic rings. The monoisotopic (exact) mass is 351 g/mol. The molecule has 1 saturated heterocycles. The lowest BCUT2D eigenvalue weighted by atomic mass is 10.0. The van der Waals surface area contributed by atoms with Gasteiger partial charge in [-0.25, -0.2) is 4.98 Å². The Kier molecular flexibility index (Phi) is 4.81. The fraction of sp³-hybridized carbons (Fsp3) is 0.524. The summed E-state index contributed by atoms with van der Waals surface area (Å²) >= 11 is 0. The highest BCUT2D eigenvalue weighted by molar-refractivity contribution is 5.74. The van der Waals surface area contributed by atoms with Crippen LogP contribution in [0.4, 0.5) is 11.8 Å². The van der Waals surface area contributed by atoms with Gasteiger partial charge in [-0.15, -0.1) is 0 Å². The molecule has 1 unspecified atom stereocenters. The highest BCUT2D eigenvalue weighted by atomic mass is 15.3. The summed E-state index contributed by atoms with van der Waals surface area (Å²) in [6.45, 7) is 7.61. The van der Waals surface area contributed by atoms with Crippen LogP contribution in [0.25, 0.3) is 11.3 Å². The van der Waals surface area contributed by atoms with Crippen LogP contribution in [0.3, 0.4) is 0 Å². The molecular weight excluding hydrogens is 322 g/mol. The van der Waals surface area contributed by atoms with Gasteiger partial charge in [0, 0.05) is 23.7 Å². The topological polar surface area (TPSA) is 67.1 Å². The van der Waals surface area contributed by atoms with E-state index >= 15 is 0 Å². The molecule has 1 aliphatic heterocycles. The Morgan fingerprint density at radius 2 is 2.08 bits per heavy atom. The van der Waals surface area contributed by atoms with Crippen LogP contribution in [0.5, 0.6) is 0 Å². The van der Waals surface area contributed by atoms with Crippen molar-refractivity contribution in [1.82, 2.24) is 15.3 Å². The van der Waals surface area contributed by atoms with E-state index in [4.69, 9.17) is 10.7 Å². The van der Waals surface area contributed by atoms with Crippen LogP contribution in [0.15, 0.2) is 24.3 Å². The molecule has 0 saturated carbocycles. The Labute approximate surface area is 156 Å². The minimum Gasteiger partial charge on any atom is -0.368 e. The highest BCUT2D eigenvalue weighted by Gasteiger charge is 2.33. The average Bonchev–Trinajstić information content (AvgIpc) is 2.90. The lowest BCUT2D eigenvalue weighted by molar-refractivity contribution is 0.515. The van der Waals surface area contributed by atoms with E-state index in [-0.39, 0.29) is 0 Å². The molecule has 5 nitrogen and oxygen atoms in total. The molecule has 2 heterocycles. The lowest BCUT2D eigenvalue weighted by Gasteiger charge is -2.26. The second-order valence-electron chi connectivity index (χ2n) is 7.65. The van der Waals surface area contributed by atoms with Gasteiger partial charge in [-0.3, -0.25) is 0 Å². The third-order valence-electron chi connectivity index (χ3n) is 5.76. The van der Waals surface area contributed by atoms with Crippen LogP contribution in [0.1, 0.15) is 37.8 Å². The van der Waals surface area contributed by atoms with Crippen molar-refractivity contribution < 1.29 is 0 Å². The first-order valence-electron chi connectivity index (χ1n) is 9.89. The van der Waals surface area contributed by atoms with Gasteiger partial charge in [-0.2, -0.15) is 4.98 Å². The van der Waals surface area contributed by atoms with Gasteiger partial charge < -0.3 is 16.0 Å². The SMILES string of the molecule is CCNCC1C[C@@H](C)N(c2nc(N)nc3c2CCCc2ccccc2-3)C1. The van der Waals surface area contributed by atoms with Crippen molar-refractivity contribution in [2.75, 3.05) is 30.3 Å². The summed E-state index contributed by atoms with van der Waals surface area (Å²) in [5.74, 6) is 2.11. The molecule has 0 bridgehead atoms. The molecule has 26 heavy (non-hydrogen) atoms. The number of aromatic nitrogens is 2. The van der Waals surface area contributed by atoms with Crippen molar-refractivity contribution in [3.05, 3.63) is 35.4 Å². The predicted molar refractivity (Wildman–Crippen MR) is 107 cm³/mol. The number of fused-ring (bicyclic) bond motifs is 3. The summed E-state index contributed by atoms with van der Waals surface area (Å²) < 4.78 is 0. The first-order valence-corrected chi connectivity index (χ1v) is 9.89. The maximum absolute atomic E-state index is 6.16. The molecular formula is C21H29N5. The third kappa shape index (κ3) is 3.16. The van der Waals surface area contributed by atoms with Gasteiger partial charge in [-0.05, 0) is 57.2 Å². The van der Waals surface area contributed by atoms with Crippen molar-refractivity contribution in [2.24, 2.45) is 5.92 Å². The van der Waals surface area contributed by atoms with E-state index in [2.05, 4.69) is 53.3 Å². The van der Waals surface area contributed by atoms with Crippen LogP contribution in [0.2, 0.25) is 0 Å². The first-order chi connectivity index (χ1) is 12.7. The van der Waals surface area contributed by atoms with Crippen molar-refractivity contribution in [2.45, 2.75) is 45.6 Å². The Morgan fingerprint density at radius 1 is 1.23 bits per heavy atom. The second kappa shape index (κ2) is 7.23. The average molecular weight is 351 g/mol. The number of hydrogen-bond acceptors (Lipinski definition) is 5. The molecule has 5 heteroatoms. The Bertz CT molecular complexity index is 788. The van der Waals surface area contributed by atoms with E-state index in [1.165, 1.54) is 23.1 Å². The van der Waals surface area contributed by atoms with Gasteiger partial charge in [0.25, 0.3) is 0 Å². The van der Waals surface area contributed by atoms with Crippen LogP contribution in [-0.4, -0.2) is 35.6 Å². The zero-order valence-electron chi connectivity index (χ0n) is 15.8. The molecule has 4 rings (SSSR count). The summed E-state index contributed by atoms with van der Waals surface area (Å²) in [5.41, 5.74) is 11.1. The predicted octanol–water partition coefficient (Wildman–Crippen LogP) is 3.04. The van der Waals surface area contributed by atoms with Crippen molar-refractivity contribution in [1.29, 1.82) is 0 Å². The summed E-state index contributed by atoms with van der Waals surface area (Å²) in [7, 11) is 0. The number of nitrogens with zero attached hydrogens (tertiary/aromatic N) is 3. The number of aryl methyl sites for hydroxylation is 1. The van der Waals surface area contributed by atoms with Crippen molar-refractivity contribution >= 4 is 11.8 Å². The molecule has 1 aromatic heterocycles. The molecule has 0 spiro atoms. The maximum Gasteiger partial charge on any atom is 0.222 e. The number of hydrogen-bond donors (Lipinski definition) is 2. The van der Waals surface area contributed by atoms with E-state index in [0.717, 1.165) is 50.4 Å². The third-order valence-corrected chi connectivity index (χ3v) is 5.76. The van der Waals surface area contributed by atoms with E-state index in [1.807, 2.05) is 0 Å². The number of anilines is 2. The summed E-state index contributed by atoms with van der Waals surface area (Å²) in [5, 5.41) is 3.50. The maximum atomic E-state index is 6.16. The van der Waals surface area contributed by atoms with Gasteiger partial charge >= 0.3 is 0 Å². The Balaban J connectivity index is 1.74. The number of benzene rings is 1. The first kappa shape index (κ1) is 17.3. The highest BCUT2D eigenvalue weighted by Crippen LogP contribution is 2.38. The van der Waals surface area contributed by atoms with Crippen LogP contribution in [0, 0.1) is 5.92 Å². The van der Waals surface area contributed by atoms with Gasteiger partial charge in [0.1, 0.15) is 5.82 Å². The zero-order chi connectivity index (χ0) is 18.1. The second-order valence-corrected chi connectivity index (χ2v) is 7.65. The minimum atomic E-state index is 0.387. The van der Waals surface area contributed by atoms with Gasteiger partial charge in [0.2, 0.25) is 5.95 Å². The number of nitrogens with two attached hydrogens (primary N) is 1. The standard InChI is InChI=1S/C21H29N5/c1-3-23-12-15-11-14(2)26(13-15)20-18-10-6-8-16-7-4-5-9-17(16)19(18)24-21(22)25-20/h4-5,7,9,14-15,23H,3,6,8,10-13H2,1-2H3,(H2,22,24,25)/t14-,15?/m1/s1. The van der Waals surface area contributed by atoms with Crippen LogP contribution >= 0.6 is 0 Å². The van der Waals surface area contributed by atoms with E-state index in [1.54, 1.807) is 0 Å². The van der Waals surface area contributed by atoms with E-state index in [0.29, 0.717) is 17.9 Å². The van der Waals surface area contributed by atoms with Gasteiger partial charge in [0.05, 0.1) is 5.69 Å².